The van der Waals surface area contributed by atoms with Crippen molar-refractivity contribution in [1.29, 1.82) is 0 Å². The molecular formula is C14H13ClFN. The van der Waals surface area contributed by atoms with Crippen molar-refractivity contribution >= 4 is 11.6 Å². The Morgan fingerprint density at radius 3 is 2.35 bits per heavy atom. The molecule has 1 unspecified atom stereocenters. The van der Waals surface area contributed by atoms with Crippen LogP contribution in [0.5, 0.6) is 0 Å². The molecule has 0 heterocycles. The van der Waals surface area contributed by atoms with E-state index in [0.717, 1.165) is 11.1 Å². The summed E-state index contributed by atoms with van der Waals surface area (Å²) in [6, 6.07) is 13.7. The lowest BCUT2D eigenvalue weighted by Gasteiger charge is -2.13. The molecule has 0 aliphatic rings. The van der Waals surface area contributed by atoms with Gasteiger partial charge in [0, 0.05) is 11.1 Å². The predicted octanol–water partition coefficient (Wildman–Crippen LogP) is 3.72. The van der Waals surface area contributed by atoms with E-state index in [1.165, 1.54) is 12.1 Å². The van der Waals surface area contributed by atoms with Crippen LogP contribution in [-0.2, 0) is 6.42 Å². The van der Waals surface area contributed by atoms with Gasteiger partial charge in [0.15, 0.2) is 0 Å². The number of rotatable bonds is 3. The van der Waals surface area contributed by atoms with Gasteiger partial charge in [-0.25, -0.2) is 4.39 Å². The van der Waals surface area contributed by atoms with Crippen molar-refractivity contribution in [3.05, 3.63) is 70.5 Å². The smallest absolute Gasteiger partial charge is 0.123 e. The molecule has 88 valence electrons. The Morgan fingerprint density at radius 2 is 1.71 bits per heavy atom. The largest absolute Gasteiger partial charge is 0.324 e. The molecule has 0 saturated heterocycles. The molecule has 2 aromatic carbocycles. The molecule has 0 aromatic heterocycles. The van der Waals surface area contributed by atoms with Crippen molar-refractivity contribution in [3.63, 3.8) is 0 Å². The lowest BCUT2D eigenvalue weighted by Crippen LogP contribution is -2.13. The van der Waals surface area contributed by atoms with Gasteiger partial charge in [0.1, 0.15) is 5.82 Å². The zero-order valence-electron chi connectivity index (χ0n) is 9.24. The van der Waals surface area contributed by atoms with E-state index in [4.69, 9.17) is 17.3 Å². The molecule has 17 heavy (non-hydrogen) atoms. The summed E-state index contributed by atoms with van der Waals surface area (Å²) in [7, 11) is 0. The molecule has 0 aliphatic carbocycles. The first-order valence-corrected chi connectivity index (χ1v) is 5.79. The van der Waals surface area contributed by atoms with Gasteiger partial charge in [-0.05, 0) is 35.7 Å². The summed E-state index contributed by atoms with van der Waals surface area (Å²) in [4.78, 5) is 0. The van der Waals surface area contributed by atoms with Crippen LogP contribution in [0.25, 0.3) is 0 Å². The number of nitrogens with two attached hydrogens (primary N) is 1. The highest BCUT2D eigenvalue weighted by Gasteiger charge is 2.10. The topological polar surface area (TPSA) is 26.0 Å². The number of hydrogen-bond acceptors (Lipinski definition) is 1. The zero-order valence-corrected chi connectivity index (χ0v) is 9.99. The molecule has 0 aliphatic heterocycles. The third-order valence-corrected chi connectivity index (χ3v) is 3.02. The van der Waals surface area contributed by atoms with E-state index in [0.29, 0.717) is 11.4 Å². The van der Waals surface area contributed by atoms with E-state index >= 15 is 0 Å². The van der Waals surface area contributed by atoms with Crippen molar-refractivity contribution in [2.24, 2.45) is 5.73 Å². The standard InChI is InChI=1S/C14H13ClFN/c15-13-4-2-1-3-12(13)14(17)9-10-5-7-11(16)8-6-10/h1-8,14H,9,17H2. The fourth-order valence-corrected chi connectivity index (χ4v) is 2.04. The van der Waals surface area contributed by atoms with Crippen LogP contribution >= 0.6 is 11.6 Å². The average Bonchev–Trinajstić information content (AvgIpc) is 2.32. The highest BCUT2D eigenvalue weighted by atomic mass is 35.5. The van der Waals surface area contributed by atoms with E-state index < -0.39 is 0 Å². The first-order chi connectivity index (χ1) is 8.16. The summed E-state index contributed by atoms with van der Waals surface area (Å²) in [5.74, 6) is -0.236. The quantitative estimate of drug-likeness (QED) is 0.882. The second-order valence-corrected chi connectivity index (χ2v) is 4.37. The summed E-state index contributed by atoms with van der Waals surface area (Å²) in [5, 5.41) is 0.669. The molecule has 0 radical (unpaired) electrons. The molecule has 0 amide bonds. The van der Waals surface area contributed by atoms with Crippen molar-refractivity contribution in [3.8, 4) is 0 Å². The summed E-state index contributed by atoms with van der Waals surface area (Å²) in [6.45, 7) is 0. The SMILES string of the molecule is NC(Cc1ccc(F)cc1)c1ccccc1Cl. The van der Waals surface area contributed by atoms with Crippen molar-refractivity contribution in [2.75, 3.05) is 0 Å². The maximum absolute atomic E-state index is 12.8. The molecule has 2 N–H and O–H groups in total. The van der Waals surface area contributed by atoms with E-state index in [9.17, 15) is 4.39 Å². The molecule has 1 atom stereocenters. The molecule has 0 fully saturated rings. The van der Waals surface area contributed by atoms with Crippen molar-refractivity contribution in [2.45, 2.75) is 12.5 Å². The Morgan fingerprint density at radius 1 is 1.06 bits per heavy atom. The molecule has 0 bridgehead atoms. The van der Waals surface area contributed by atoms with Gasteiger partial charge in [0.25, 0.3) is 0 Å². The summed E-state index contributed by atoms with van der Waals surface area (Å²) in [5.41, 5.74) is 8.00. The highest BCUT2D eigenvalue weighted by Crippen LogP contribution is 2.23. The van der Waals surface area contributed by atoms with Crippen LogP contribution in [-0.4, -0.2) is 0 Å². The predicted molar refractivity (Wildman–Crippen MR) is 68.5 cm³/mol. The zero-order chi connectivity index (χ0) is 12.3. The Balaban J connectivity index is 2.14. The number of benzene rings is 2. The van der Waals surface area contributed by atoms with Gasteiger partial charge >= 0.3 is 0 Å². The van der Waals surface area contributed by atoms with Crippen molar-refractivity contribution < 1.29 is 4.39 Å². The minimum atomic E-state index is -0.236. The second-order valence-electron chi connectivity index (χ2n) is 3.96. The van der Waals surface area contributed by atoms with Gasteiger partial charge in [-0.15, -0.1) is 0 Å². The highest BCUT2D eigenvalue weighted by molar-refractivity contribution is 6.31. The van der Waals surface area contributed by atoms with Crippen LogP contribution in [0.2, 0.25) is 5.02 Å². The third kappa shape index (κ3) is 3.05. The Bertz CT molecular complexity index is 496. The summed E-state index contributed by atoms with van der Waals surface area (Å²) >= 11 is 6.07. The van der Waals surface area contributed by atoms with Gasteiger partial charge < -0.3 is 5.73 Å². The Labute approximate surface area is 105 Å². The lowest BCUT2D eigenvalue weighted by atomic mass is 10.00. The summed E-state index contributed by atoms with van der Waals surface area (Å²) < 4.78 is 12.8. The van der Waals surface area contributed by atoms with E-state index in [1.54, 1.807) is 12.1 Å². The minimum absolute atomic E-state index is 0.172. The number of hydrogen-bond donors (Lipinski definition) is 1. The minimum Gasteiger partial charge on any atom is -0.324 e. The number of halogens is 2. The fourth-order valence-electron chi connectivity index (χ4n) is 1.76. The van der Waals surface area contributed by atoms with Gasteiger partial charge in [-0.2, -0.15) is 0 Å². The van der Waals surface area contributed by atoms with Crippen LogP contribution in [0, 0.1) is 5.82 Å². The molecule has 1 nitrogen and oxygen atoms in total. The van der Waals surface area contributed by atoms with Gasteiger partial charge in [-0.1, -0.05) is 41.9 Å². The molecule has 0 saturated carbocycles. The third-order valence-electron chi connectivity index (χ3n) is 2.67. The summed E-state index contributed by atoms with van der Waals surface area (Å²) in [6.07, 6.45) is 0.643. The fraction of sp³-hybridized carbons (Fsp3) is 0.143. The maximum atomic E-state index is 12.8. The molecule has 0 spiro atoms. The lowest BCUT2D eigenvalue weighted by molar-refractivity contribution is 0.625. The van der Waals surface area contributed by atoms with Crippen LogP contribution in [0.3, 0.4) is 0 Å². The van der Waals surface area contributed by atoms with Crippen LogP contribution < -0.4 is 5.73 Å². The van der Waals surface area contributed by atoms with Crippen LogP contribution in [0.1, 0.15) is 17.2 Å². The maximum Gasteiger partial charge on any atom is 0.123 e. The molecular weight excluding hydrogens is 237 g/mol. The molecule has 3 heteroatoms. The Hall–Kier alpha value is -1.38. The normalized spacial score (nSPS) is 12.4. The average molecular weight is 250 g/mol. The van der Waals surface area contributed by atoms with E-state index in [2.05, 4.69) is 0 Å². The molecule has 2 aromatic rings. The van der Waals surface area contributed by atoms with Crippen LogP contribution in [0.4, 0.5) is 4.39 Å². The monoisotopic (exact) mass is 249 g/mol. The molecule has 2 rings (SSSR count). The van der Waals surface area contributed by atoms with Gasteiger partial charge in [-0.3, -0.25) is 0 Å². The second kappa shape index (κ2) is 5.30. The van der Waals surface area contributed by atoms with E-state index in [-0.39, 0.29) is 11.9 Å². The van der Waals surface area contributed by atoms with Gasteiger partial charge in [0.05, 0.1) is 0 Å². The Kier molecular flexibility index (Phi) is 3.77. The first-order valence-electron chi connectivity index (χ1n) is 5.41. The van der Waals surface area contributed by atoms with E-state index in [1.807, 2.05) is 24.3 Å². The van der Waals surface area contributed by atoms with Crippen LogP contribution in [0.15, 0.2) is 48.5 Å². The first kappa shape index (κ1) is 12.1. The van der Waals surface area contributed by atoms with Gasteiger partial charge in [0.2, 0.25) is 0 Å². The van der Waals surface area contributed by atoms with Crippen molar-refractivity contribution in [1.82, 2.24) is 0 Å².